The number of benzene rings is 2. The molecule has 2 heterocycles. The Morgan fingerprint density at radius 3 is 2.41 bits per heavy atom. The maximum atomic E-state index is 13.5. The van der Waals surface area contributed by atoms with Crippen LogP contribution in [0.1, 0.15) is 11.1 Å². The average Bonchev–Trinajstić information content (AvgIpc) is 3.19. The lowest BCUT2D eigenvalue weighted by molar-refractivity contribution is -0.133. The highest BCUT2D eigenvalue weighted by Gasteiger charge is 2.67. The third-order valence-electron chi connectivity index (χ3n) is 4.98. The van der Waals surface area contributed by atoms with Crippen LogP contribution in [-0.2, 0) is 24.7 Å². The van der Waals surface area contributed by atoms with Gasteiger partial charge in [-0.05, 0) is 24.6 Å². The number of aryl methyl sites for hydroxylation is 1. The van der Waals surface area contributed by atoms with E-state index in [9.17, 15) is 14.4 Å². The number of fused-ring (bicyclic) bond motifs is 1. The predicted molar refractivity (Wildman–Crippen MR) is 97.9 cm³/mol. The standard InChI is InChI=1S/C20H17N3O4/c1-12-8-10-13(11-9-12)20-15(16(21-22-20)18(25)27-2)17(24)23(19(20)26)14-6-4-3-5-7-14/h3-11,15,22H,1-2H3/t15-,20+/m0/s1. The number of carbonyl (C=O) groups is 3. The number of imide groups is 1. The van der Waals surface area contributed by atoms with Crippen molar-refractivity contribution in [3.05, 3.63) is 65.7 Å². The number of amides is 2. The Bertz CT molecular complexity index is 968. The summed E-state index contributed by atoms with van der Waals surface area (Å²) in [5.41, 5.74) is 3.24. The van der Waals surface area contributed by atoms with Gasteiger partial charge in [-0.1, -0.05) is 48.0 Å². The van der Waals surface area contributed by atoms with E-state index in [4.69, 9.17) is 4.74 Å². The zero-order chi connectivity index (χ0) is 19.2. The summed E-state index contributed by atoms with van der Waals surface area (Å²) >= 11 is 0. The van der Waals surface area contributed by atoms with Crippen molar-refractivity contribution in [2.45, 2.75) is 12.5 Å². The van der Waals surface area contributed by atoms with Gasteiger partial charge in [0.05, 0.1) is 12.8 Å². The van der Waals surface area contributed by atoms with Crippen molar-refractivity contribution < 1.29 is 19.1 Å². The molecule has 2 aliphatic heterocycles. The lowest BCUT2D eigenvalue weighted by Gasteiger charge is -2.26. The second-order valence-electron chi connectivity index (χ2n) is 6.52. The highest BCUT2D eigenvalue weighted by molar-refractivity contribution is 6.47. The first-order valence-corrected chi connectivity index (χ1v) is 8.44. The number of carbonyl (C=O) groups excluding carboxylic acids is 3. The van der Waals surface area contributed by atoms with E-state index in [0.717, 1.165) is 10.5 Å². The Balaban J connectivity index is 1.90. The Kier molecular flexibility index (Phi) is 3.80. The van der Waals surface area contributed by atoms with Gasteiger partial charge in [0.25, 0.3) is 5.91 Å². The predicted octanol–water partition coefficient (Wildman–Crippen LogP) is 1.51. The molecule has 0 bridgehead atoms. The largest absolute Gasteiger partial charge is 0.464 e. The first-order valence-electron chi connectivity index (χ1n) is 8.44. The van der Waals surface area contributed by atoms with Crippen molar-refractivity contribution in [1.29, 1.82) is 0 Å². The van der Waals surface area contributed by atoms with E-state index in [2.05, 4.69) is 10.5 Å². The van der Waals surface area contributed by atoms with Crippen LogP contribution in [0.2, 0.25) is 0 Å². The Morgan fingerprint density at radius 2 is 1.78 bits per heavy atom. The fourth-order valence-corrected chi connectivity index (χ4v) is 3.62. The van der Waals surface area contributed by atoms with Crippen LogP contribution in [0.4, 0.5) is 5.69 Å². The first kappa shape index (κ1) is 17.0. The van der Waals surface area contributed by atoms with E-state index in [1.54, 1.807) is 42.5 Å². The van der Waals surface area contributed by atoms with Gasteiger partial charge in [-0.2, -0.15) is 5.10 Å². The van der Waals surface area contributed by atoms with Gasteiger partial charge in [0.2, 0.25) is 5.91 Å². The van der Waals surface area contributed by atoms with Gasteiger partial charge in [0.1, 0.15) is 5.92 Å². The third kappa shape index (κ3) is 2.28. The van der Waals surface area contributed by atoms with Crippen LogP contribution in [-0.4, -0.2) is 30.6 Å². The van der Waals surface area contributed by atoms with Gasteiger partial charge < -0.3 is 4.74 Å². The lowest BCUT2D eigenvalue weighted by Crippen LogP contribution is -2.48. The summed E-state index contributed by atoms with van der Waals surface area (Å²) in [5.74, 6) is -2.82. The van der Waals surface area contributed by atoms with Crippen molar-refractivity contribution in [1.82, 2.24) is 5.43 Å². The van der Waals surface area contributed by atoms with Gasteiger partial charge in [0.15, 0.2) is 11.3 Å². The highest BCUT2D eigenvalue weighted by Crippen LogP contribution is 2.44. The normalized spacial score (nSPS) is 23.7. The second-order valence-corrected chi connectivity index (χ2v) is 6.52. The summed E-state index contributed by atoms with van der Waals surface area (Å²) in [7, 11) is 1.22. The molecule has 0 aromatic heterocycles. The number of ether oxygens (including phenoxy) is 1. The number of methoxy groups -OCH3 is 1. The summed E-state index contributed by atoms with van der Waals surface area (Å²) in [6, 6.07) is 15.9. The van der Waals surface area contributed by atoms with Gasteiger partial charge in [-0.3, -0.25) is 15.0 Å². The summed E-state index contributed by atoms with van der Waals surface area (Å²) in [4.78, 5) is 40.0. The van der Waals surface area contributed by atoms with Crippen LogP contribution in [0.3, 0.4) is 0 Å². The molecule has 0 radical (unpaired) electrons. The van der Waals surface area contributed by atoms with Crippen molar-refractivity contribution >= 4 is 29.2 Å². The third-order valence-corrected chi connectivity index (χ3v) is 4.98. The van der Waals surface area contributed by atoms with E-state index in [1.165, 1.54) is 7.11 Å². The maximum Gasteiger partial charge on any atom is 0.355 e. The molecule has 0 aliphatic carbocycles. The minimum absolute atomic E-state index is 0.102. The summed E-state index contributed by atoms with van der Waals surface area (Å²) in [6.07, 6.45) is 0. The molecule has 2 aliphatic rings. The van der Waals surface area contributed by atoms with E-state index >= 15 is 0 Å². The molecule has 0 saturated carbocycles. The zero-order valence-corrected chi connectivity index (χ0v) is 14.8. The molecule has 136 valence electrons. The highest BCUT2D eigenvalue weighted by atomic mass is 16.5. The van der Waals surface area contributed by atoms with E-state index < -0.39 is 29.2 Å². The van der Waals surface area contributed by atoms with Crippen LogP contribution < -0.4 is 10.3 Å². The maximum absolute atomic E-state index is 13.5. The minimum Gasteiger partial charge on any atom is -0.464 e. The second kappa shape index (κ2) is 6.05. The molecule has 0 unspecified atom stereocenters. The van der Waals surface area contributed by atoms with Crippen LogP contribution in [0.25, 0.3) is 0 Å². The van der Waals surface area contributed by atoms with Crippen molar-refractivity contribution in [3.63, 3.8) is 0 Å². The summed E-state index contributed by atoms with van der Waals surface area (Å²) < 4.78 is 4.78. The average molecular weight is 363 g/mol. The topological polar surface area (TPSA) is 88.1 Å². The molecule has 1 N–H and O–H groups in total. The van der Waals surface area contributed by atoms with Crippen molar-refractivity contribution in [2.75, 3.05) is 12.0 Å². The number of anilines is 1. The van der Waals surface area contributed by atoms with E-state index in [0.29, 0.717) is 11.3 Å². The SMILES string of the molecule is COC(=O)C1=NN[C@@]2(c3ccc(C)cc3)C(=O)N(c3ccccc3)C(=O)[C@H]12. The number of rotatable bonds is 3. The Morgan fingerprint density at radius 1 is 1.11 bits per heavy atom. The summed E-state index contributed by atoms with van der Waals surface area (Å²) in [5, 5.41) is 4.01. The smallest absolute Gasteiger partial charge is 0.355 e. The number of nitrogens with zero attached hydrogens (tertiary/aromatic N) is 2. The van der Waals surface area contributed by atoms with Crippen LogP contribution in [0.15, 0.2) is 59.7 Å². The molecular formula is C20H17N3O4. The monoisotopic (exact) mass is 363 g/mol. The molecule has 2 aromatic rings. The molecule has 2 aromatic carbocycles. The van der Waals surface area contributed by atoms with Crippen LogP contribution >= 0.6 is 0 Å². The molecule has 2 atom stereocenters. The van der Waals surface area contributed by atoms with Gasteiger partial charge in [-0.25, -0.2) is 9.69 Å². The van der Waals surface area contributed by atoms with Gasteiger partial charge in [0, 0.05) is 0 Å². The molecule has 7 heteroatoms. The molecule has 2 amide bonds. The van der Waals surface area contributed by atoms with Crippen LogP contribution in [0.5, 0.6) is 0 Å². The number of para-hydroxylation sites is 1. The number of hydrogen-bond acceptors (Lipinski definition) is 6. The first-order chi connectivity index (χ1) is 13.0. The minimum atomic E-state index is -1.47. The molecule has 0 spiro atoms. The number of hydrazone groups is 1. The number of nitrogens with one attached hydrogen (secondary N) is 1. The molecule has 4 rings (SSSR count). The molecule has 1 saturated heterocycles. The van der Waals surface area contributed by atoms with Gasteiger partial charge >= 0.3 is 5.97 Å². The fraction of sp³-hybridized carbons (Fsp3) is 0.200. The number of hydrogen-bond donors (Lipinski definition) is 1. The summed E-state index contributed by atoms with van der Waals surface area (Å²) in [6.45, 7) is 1.93. The van der Waals surface area contributed by atoms with Crippen molar-refractivity contribution in [3.8, 4) is 0 Å². The van der Waals surface area contributed by atoms with Crippen molar-refractivity contribution in [2.24, 2.45) is 11.0 Å². The lowest BCUT2D eigenvalue weighted by atomic mass is 9.78. The van der Waals surface area contributed by atoms with Crippen LogP contribution in [0, 0.1) is 12.8 Å². The Hall–Kier alpha value is -3.48. The molecule has 7 nitrogen and oxygen atoms in total. The van der Waals surface area contributed by atoms with E-state index in [1.807, 2.05) is 19.1 Å². The Labute approximate surface area is 155 Å². The number of esters is 1. The van der Waals surface area contributed by atoms with Gasteiger partial charge in [-0.15, -0.1) is 0 Å². The molecule has 27 heavy (non-hydrogen) atoms. The zero-order valence-electron chi connectivity index (χ0n) is 14.8. The van der Waals surface area contributed by atoms with E-state index in [-0.39, 0.29) is 5.71 Å². The molecule has 1 fully saturated rings. The fourth-order valence-electron chi connectivity index (χ4n) is 3.62. The quantitative estimate of drug-likeness (QED) is 0.660. The molecular weight excluding hydrogens is 346 g/mol.